The van der Waals surface area contributed by atoms with E-state index in [1.165, 1.54) is 0 Å². The number of carbonyl (C=O) groups is 2. The lowest BCUT2D eigenvalue weighted by atomic mass is 9.94. The summed E-state index contributed by atoms with van der Waals surface area (Å²) < 4.78 is 0. The quantitative estimate of drug-likeness (QED) is 0.870. The molecule has 0 saturated carbocycles. The minimum atomic E-state index is -0.245. The summed E-state index contributed by atoms with van der Waals surface area (Å²) in [6, 6.07) is 9.86. The number of aromatic nitrogens is 1. The highest BCUT2D eigenvalue weighted by Crippen LogP contribution is 2.25. The minimum Gasteiger partial charge on any atom is -0.345 e. The van der Waals surface area contributed by atoms with Crippen LogP contribution in [0.5, 0.6) is 0 Å². The normalized spacial score (nSPS) is 15.2. The fourth-order valence-electron chi connectivity index (χ4n) is 3.37. The second-order valence-electron chi connectivity index (χ2n) is 6.88. The van der Waals surface area contributed by atoms with E-state index in [0.29, 0.717) is 19.4 Å². The maximum absolute atomic E-state index is 12.6. The van der Waals surface area contributed by atoms with Crippen molar-refractivity contribution in [2.24, 2.45) is 0 Å². The molecule has 136 valence electrons. The van der Waals surface area contributed by atoms with E-state index < -0.39 is 0 Å². The molecular weight excluding hydrogens is 326 g/mol. The first-order chi connectivity index (χ1) is 12.5. The van der Waals surface area contributed by atoms with Gasteiger partial charge in [0.15, 0.2) is 0 Å². The lowest BCUT2D eigenvalue weighted by molar-refractivity contribution is -0.128. The third-order valence-corrected chi connectivity index (χ3v) is 4.85. The zero-order chi connectivity index (χ0) is 18.5. The third-order valence-electron chi connectivity index (χ3n) is 4.85. The van der Waals surface area contributed by atoms with Gasteiger partial charge in [0.05, 0.1) is 6.04 Å². The maximum Gasteiger partial charge on any atom is 0.222 e. The van der Waals surface area contributed by atoms with Gasteiger partial charge in [-0.3, -0.25) is 14.6 Å². The molecule has 5 nitrogen and oxygen atoms in total. The van der Waals surface area contributed by atoms with Crippen molar-refractivity contribution in [2.45, 2.75) is 39.2 Å². The molecule has 5 heteroatoms. The van der Waals surface area contributed by atoms with Crippen molar-refractivity contribution in [2.75, 3.05) is 13.1 Å². The van der Waals surface area contributed by atoms with Crippen LogP contribution in [-0.2, 0) is 9.59 Å². The number of aryl methyl sites for hydroxylation is 2. The van der Waals surface area contributed by atoms with Gasteiger partial charge < -0.3 is 10.2 Å². The largest absolute Gasteiger partial charge is 0.345 e. The summed E-state index contributed by atoms with van der Waals surface area (Å²) in [6.07, 6.45) is 5.32. The standard InChI is InChI=1S/C21H25N3O2/c1-15-7-8-16(2)18(13-15)21(17-5-3-10-22-14-17)23-19(25)9-12-24-11-4-6-20(24)26/h3,5,7-8,10,13-14,21H,4,6,9,11-12H2,1-2H3,(H,23,25)/t21-/m0/s1. The average Bonchev–Trinajstić information content (AvgIpc) is 3.06. The predicted octanol–water partition coefficient (Wildman–Crippen LogP) is 2.92. The Balaban J connectivity index is 1.77. The van der Waals surface area contributed by atoms with Crippen molar-refractivity contribution in [3.05, 3.63) is 65.0 Å². The van der Waals surface area contributed by atoms with Crippen LogP contribution in [0.2, 0.25) is 0 Å². The maximum atomic E-state index is 12.6. The van der Waals surface area contributed by atoms with Crippen LogP contribution in [0.15, 0.2) is 42.7 Å². The molecule has 1 aliphatic heterocycles. The highest BCUT2D eigenvalue weighted by molar-refractivity contribution is 5.80. The van der Waals surface area contributed by atoms with Crippen molar-refractivity contribution in [1.82, 2.24) is 15.2 Å². The van der Waals surface area contributed by atoms with E-state index in [0.717, 1.165) is 35.2 Å². The number of hydrogen-bond acceptors (Lipinski definition) is 3. The molecule has 0 radical (unpaired) electrons. The van der Waals surface area contributed by atoms with Crippen LogP contribution in [-0.4, -0.2) is 34.8 Å². The second-order valence-corrected chi connectivity index (χ2v) is 6.88. The van der Waals surface area contributed by atoms with E-state index in [1.807, 2.05) is 26.0 Å². The Bertz CT molecular complexity index is 789. The van der Waals surface area contributed by atoms with E-state index in [9.17, 15) is 9.59 Å². The van der Waals surface area contributed by atoms with Crippen molar-refractivity contribution in [3.8, 4) is 0 Å². The van der Waals surface area contributed by atoms with Gasteiger partial charge in [0.25, 0.3) is 0 Å². The van der Waals surface area contributed by atoms with Gasteiger partial charge in [0.2, 0.25) is 11.8 Å². The smallest absolute Gasteiger partial charge is 0.222 e. The Kier molecular flexibility index (Phi) is 5.66. The number of benzene rings is 1. The number of amides is 2. The molecule has 26 heavy (non-hydrogen) atoms. The minimum absolute atomic E-state index is 0.0561. The fraction of sp³-hybridized carbons (Fsp3) is 0.381. The van der Waals surface area contributed by atoms with Crippen LogP contribution in [0.3, 0.4) is 0 Å². The molecule has 1 N–H and O–H groups in total. The number of likely N-dealkylation sites (tertiary alicyclic amines) is 1. The molecule has 0 unspecified atom stereocenters. The van der Waals surface area contributed by atoms with Gasteiger partial charge in [-0.2, -0.15) is 0 Å². The lowest BCUT2D eigenvalue weighted by Crippen LogP contribution is -2.34. The highest BCUT2D eigenvalue weighted by Gasteiger charge is 2.22. The van der Waals surface area contributed by atoms with Crippen LogP contribution in [0.25, 0.3) is 0 Å². The Labute approximate surface area is 154 Å². The van der Waals surface area contributed by atoms with Gasteiger partial charge in [-0.1, -0.05) is 29.8 Å². The summed E-state index contributed by atoms with van der Waals surface area (Å²) in [5.41, 5.74) is 4.30. The summed E-state index contributed by atoms with van der Waals surface area (Å²) in [5, 5.41) is 3.14. The molecule has 1 atom stereocenters. The number of carbonyl (C=O) groups excluding carboxylic acids is 2. The van der Waals surface area contributed by atoms with Gasteiger partial charge >= 0.3 is 0 Å². The average molecular weight is 351 g/mol. The van der Waals surface area contributed by atoms with Crippen LogP contribution in [0.4, 0.5) is 0 Å². The molecule has 1 aliphatic rings. The van der Waals surface area contributed by atoms with Crippen LogP contribution < -0.4 is 5.32 Å². The van der Waals surface area contributed by atoms with Crippen LogP contribution in [0.1, 0.15) is 47.6 Å². The summed E-state index contributed by atoms with van der Waals surface area (Å²) in [5.74, 6) is 0.0931. The van der Waals surface area contributed by atoms with E-state index in [2.05, 4.69) is 28.5 Å². The first-order valence-corrected chi connectivity index (χ1v) is 9.09. The van der Waals surface area contributed by atoms with Gasteiger partial charge in [-0.25, -0.2) is 0 Å². The molecule has 0 aliphatic carbocycles. The Morgan fingerprint density at radius 1 is 1.31 bits per heavy atom. The van der Waals surface area contributed by atoms with Gasteiger partial charge in [-0.15, -0.1) is 0 Å². The van der Waals surface area contributed by atoms with Crippen LogP contribution >= 0.6 is 0 Å². The SMILES string of the molecule is Cc1ccc(C)c([C@@H](NC(=O)CCN2CCCC2=O)c2cccnc2)c1. The number of pyridine rings is 1. The van der Waals surface area contributed by atoms with Gasteiger partial charge in [0, 0.05) is 38.3 Å². The summed E-state index contributed by atoms with van der Waals surface area (Å²) in [7, 11) is 0. The van der Waals surface area contributed by atoms with Crippen molar-refractivity contribution in [1.29, 1.82) is 0 Å². The molecule has 0 bridgehead atoms. The van der Waals surface area contributed by atoms with Gasteiger partial charge in [-0.05, 0) is 43.0 Å². The Morgan fingerprint density at radius 2 is 2.15 bits per heavy atom. The molecular formula is C21H25N3O2. The zero-order valence-electron chi connectivity index (χ0n) is 15.4. The molecule has 1 aromatic heterocycles. The monoisotopic (exact) mass is 351 g/mol. The third kappa shape index (κ3) is 4.28. The highest BCUT2D eigenvalue weighted by atomic mass is 16.2. The van der Waals surface area contributed by atoms with E-state index in [1.54, 1.807) is 17.3 Å². The Morgan fingerprint density at radius 3 is 2.85 bits per heavy atom. The lowest BCUT2D eigenvalue weighted by Gasteiger charge is -2.23. The molecule has 2 aromatic rings. The molecule has 0 spiro atoms. The number of nitrogens with zero attached hydrogens (tertiary/aromatic N) is 2. The molecule has 1 aromatic carbocycles. The van der Waals surface area contributed by atoms with E-state index in [-0.39, 0.29) is 17.9 Å². The number of rotatable bonds is 6. The molecule has 1 fully saturated rings. The first-order valence-electron chi connectivity index (χ1n) is 9.09. The first kappa shape index (κ1) is 18.1. The van der Waals surface area contributed by atoms with Gasteiger partial charge in [0.1, 0.15) is 0 Å². The number of nitrogens with one attached hydrogen (secondary N) is 1. The zero-order valence-corrected chi connectivity index (χ0v) is 15.4. The molecule has 2 amide bonds. The summed E-state index contributed by atoms with van der Waals surface area (Å²) in [4.78, 5) is 30.3. The topological polar surface area (TPSA) is 62.3 Å². The molecule has 1 saturated heterocycles. The fourth-order valence-corrected chi connectivity index (χ4v) is 3.37. The number of hydrogen-bond donors (Lipinski definition) is 1. The van der Waals surface area contributed by atoms with Crippen LogP contribution in [0, 0.1) is 13.8 Å². The summed E-state index contributed by atoms with van der Waals surface area (Å²) in [6.45, 7) is 5.34. The van der Waals surface area contributed by atoms with E-state index in [4.69, 9.17) is 0 Å². The second kappa shape index (κ2) is 8.13. The van der Waals surface area contributed by atoms with Crippen molar-refractivity contribution >= 4 is 11.8 Å². The van der Waals surface area contributed by atoms with E-state index >= 15 is 0 Å². The summed E-state index contributed by atoms with van der Waals surface area (Å²) >= 11 is 0. The predicted molar refractivity (Wildman–Crippen MR) is 101 cm³/mol. The van der Waals surface area contributed by atoms with Crippen molar-refractivity contribution in [3.63, 3.8) is 0 Å². The molecule has 3 rings (SSSR count). The van der Waals surface area contributed by atoms with Crippen molar-refractivity contribution < 1.29 is 9.59 Å². The molecule has 2 heterocycles. The Hall–Kier alpha value is -2.69.